The molecule has 5 nitrogen and oxygen atoms in total. The Bertz CT molecular complexity index is 557. The van der Waals surface area contributed by atoms with Gasteiger partial charge >= 0.3 is 0 Å². The second-order valence-corrected chi connectivity index (χ2v) is 6.09. The molecule has 21 heavy (non-hydrogen) atoms. The van der Waals surface area contributed by atoms with Crippen LogP contribution in [0.2, 0.25) is 0 Å². The van der Waals surface area contributed by atoms with Crippen molar-refractivity contribution in [1.29, 1.82) is 0 Å². The molecule has 1 unspecified atom stereocenters. The van der Waals surface area contributed by atoms with Crippen molar-refractivity contribution in [3.05, 3.63) is 34.9 Å². The maximum absolute atomic E-state index is 11.5. The molecule has 3 rings (SSSR count). The number of allylic oxidation sites excluding steroid dienone is 2. The molecule has 0 fully saturated rings. The molecule has 0 bridgehead atoms. The predicted octanol–water partition coefficient (Wildman–Crippen LogP) is 2.51. The van der Waals surface area contributed by atoms with Crippen molar-refractivity contribution in [3.63, 3.8) is 0 Å². The van der Waals surface area contributed by atoms with Gasteiger partial charge in [-0.2, -0.15) is 0 Å². The zero-order valence-corrected chi connectivity index (χ0v) is 12.7. The lowest BCUT2D eigenvalue weighted by Crippen LogP contribution is -2.32. The standard InChI is InChI=1S/C16H21NO4/c1-16(2)20-9-12(21-16)6-11-7-13-10(8-14(11)19-3)4-5-15(18)17-13/h7,9,14H,4-6,8H2,1-3H3,(H,17,18). The Balaban J connectivity index is 1.79. The highest BCUT2D eigenvalue weighted by Gasteiger charge is 2.31. The van der Waals surface area contributed by atoms with E-state index in [1.54, 1.807) is 13.4 Å². The van der Waals surface area contributed by atoms with Crippen LogP contribution in [0.1, 0.15) is 39.5 Å². The monoisotopic (exact) mass is 291 g/mol. The molecule has 1 aliphatic carbocycles. The molecule has 1 N–H and O–H groups in total. The summed E-state index contributed by atoms with van der Waals surface area (Å²) >= 11 is 0. The van der Waals surface area contributed by atoms with E-state index in [9.17, 15) is 4.79 Å². The number of ether oxygens (including phenoxy) is 3. The summed E-state index contributed by atoms with van der Waals surface area (Å²) in [5.74, 6) is 0.275. The first-order chi connectivity index (χ1) is 9.97. The molecule has 3 aliphatic rings. The smallest absolute Gasteiger partial charge is 0.244 e. The van der Waals surface area contributed by atoms with E-state index in [-0.39, 0.29) is 12.0 Å². The molecular formula is C16H21NO4. The lowest BCUT2D eigenvalue weighted by molar-refractivity contribution is -0.120. The van der Waals surface area contributed by atoms with Crippen molar-refractivity contribution in [3.8, 4) is 0 Å². The first-order valence-electron chi connectivity index (χ1n) is 7.28. The highest BCUT2D eigenvalue weighted by atomic mass is 16.7. The summed E-state index contributed by atoms with van der Waals surface area (Å²) in [5.41, 5.74) is 3.31. The largest absolute Gasteiger partial charge is 0.457 e. The summed E-state index contributed by atoms with van der Waals surface area (Å²) in [7, 11) is 1.72. The van der Waals surface area contributed by atoms with Crippen LogP contribution >= 0.6 is 0 Å². The first kappa shape index (κ1) is 14.2. The fourth-order valence-corrected chi connectivity index (χ4v) is 2.93. The third kappa shape index (κ3) is 2.97. The van der Waals surface area contributed by atoms with E-state index in [1.807, 2.05) is 19.9 Å². The summed E-state index contributed by atoms with van der Waals surface area (Å²) in [5, 5.41) is 2.95. The average molecular weight is 291 g/mol. The minimum atomic E-state index is -0.601. The second-order valence-electron chi connectivity index (χ2n) is 6.09. The topological polar surface area (TPSA) is 56.8 Å². The Morgan fingerprint density at radius 1 is 1.43 bits per heavy atom. The zero-order chi connectivity index (χ0) is 15.0. The van der Waals surface area contributed by atoms with Crippen molar-refractivity contribution in [2.45, 2.75) is 51.4 Å². The van der Waals surface area contributed by atoms with Crippen LogP contribution in [0.25, 0.3) is 0 Å². The zero-order valence-electron chi connectivity index (χ0n) is 12.7. The molecule has 0 aromatic carbocycles. The number of nitrogens with one attached hydrogen (secondary N) is 1. The molecule has 2 aliphatic heterocycles. The van der Waals surface area contributed by atoms with Crippen LogP contribution in [0.5, 0.6) is 0 Å². The molecule has 114 valence electrons. The Hall–Kier alpha value is -1.75. The van der Waals surface area contributed by atoms with Gasteiger partial charge in [0.1, 0.15) is 12.0 Å². The maximum atomic E-state index is 11.5. The van der Waals surface area contributed by atoms with E-state index in [1.165, 1.54) is 5.57 Å². The number of amides is 1. The van der Waals surface area contributed by atoms with Gasteiger partial charge in [-0.3, -0.25) is 4.79 Å². The molecule has 1 amide bonds. The van der Waals surface area contributed by atoms with Crippen LogP contribution in [0.4, 0.5) is 0 Å². The summed E-state index contributed by atoms with van der Waals surface area (Å²) < 4.78 is 16.8. The number of hydrogen-bond donors (Lipinski definition) is 1. The number of rotatable bonds is 3. The Morgan fingerprint density at radius 3 is 2.90 bits per heavy atom. The first-order valence-corrected chi connectivity index (χ1v) is 7.28. The van der Waals surface area contributed by atoms with Gasteiger partial charge in [0.25, 0.3) is 0 Å². The number of carbonyl (C=O) groups excluding carboxylic acids is 1. The summed E-state index contributed by atoms with van der Waals surface area (Å²) in [6, 6.07) is 0. The number of carbonyl (C=O) groups is 1. The van der Waals surface area contributed by atoms with Gasteiger partial charge in [0.05, 0.1) is 6.10 Å². The highest BCUT2D eigenvalue weighted by Crippen LogP contribution is 2.35. The van der Waals surface area contributed by atoms with Crippen molar-refractivity contribution in [2.24, 2.45) is 0 Å². The van der Waals surface area contributed by atoms with Gasteiger partial charge in [-0.1, -0.05) is 0 Å². The molecule has 2 heterocycles. The Morgan fingerprint density at radius 2 is 2.24 bits per heavy atom. The van der Waals surface area contributed by atoms with E-state index in [0.717, 1.165) is 29.9 Å². The molecule has 0 radical (unpaired) electrons. The van der Waals surface area contributed by atoms with Crippen molar-refractivity contribution >= 4 is 5.91 Å². The second kappa shape index (κ2) is 5.22. The molecular weight excluding hydrogens is 270 g/mol. The van der Waals surface area contributed by atoms with Crippen molar-refractivity contribution in [1.82, 2.24) is 5.32 Å². The fourth-order valence-electron chi connectivity index (χ4n) is 2.93. The summed E-state index contributed by atoms with van der Waals surface area (Å²) in [4.78, 5) is 11.5. The lowest BCUT2D eigenvalue weighted by atomic mass is 9.87. The quantitative estimate of drug-likeness (QED) is 0.868. The van der Waals surface area contributed by atoms with Crippen LogP contribution in [0.15, 0.2) is 34.9 Å². The van der Waals surface area contributed by atoms with Crippen LogP contribution in [-0.2, 0) is 19.0 Å². The normalized spacial score (nSPS) is 27.2. The van der Waals surface area contributed by atoms with Gasteiger partial charge in [-0.15, -0.1) is 0 Å². The van der Waals surface area contributed by atoms with E-state index in [2.05, 4.69) is 5.32 Å². The Labute approximate surface area is 124 Å². The van der Waals surface area contributed by atoms with Crippen LogP contribution in [-0.4, -0.2) is 24.9 Å². The summed E-state index contributed by atoms with van der Waals surface area (Å²) in [6.07, 6.45) is 6.57. The lowest BCUT2D eigenvalue weighted by Gasteiger charge is -2.30. The highest BCUT2D eigenvalue weighted by molar-refractivity contribution is 5.80. The summed E-state index contributed by atoms with van der Waals surface area (Å²) in [6.45, 7) is 3.75. The Kier molecular flexibility index (Phi) is 3.53. The van der Waals surface area contributed by atoms with E-state index in [4.69, 9.17) is 14.2 Å². The molecule has 0 saturated carbocycles. The van der Waals surface area contributed by atoms with E-state index in [0.29, 0.717) is 12.8 Å². The third-order valence-corrected chi connectivity index (χ3v) is 4.00. The minimum absolute atomic E-state index is 0.0342. The van der Waals surface area contributed by atoms with Gasteiger partial charge in [-0.05, 0) is 23.6 Å². The van der Waals surface area contributed by atoms with E-state index >= 15 is 0 Å². The van der Waals surface area contributed by atoms with E-state index < -0.39 is 5.79 Å². The van der Waals surface area contributed by atoms with Crippen LogP contribution < -0.4 is 5.32 Å². The van der Waals surface area contributed by atoms with Crippen molar-refractivity contribution < 1.29 is 19.0 Å². The molecule has 0 aromatic rings. The minimum Gasteiger partial charge on any atom is -0.457 e. The SMILES string of the molecule is COC1CC2=C(C=C1CC1=COC(C)(C)O1)NC(=O)CC2. The molecule has 0 saturated heterocycles. The third-order valence-electron chi connectivity index (χ3n) is 4.00. The molecule has 0 spiro atoms. The van der Waals surface area contributed by atoms with Gasteiger partial charge in [0.2, 0.25) is 11.7 Å². The fraction of sp³-hybridized carbons (Fsp3) is 0.562. The predicted molar refractivity (Wildman–Crippen MR) is 76.8 cm³/mol. The van der Waals surface area contributed by atoms with Crippen LogP contribution in [0.3, 0.4) is 0 Å². The van der Waals surface area contributed by atoms with Gasteiger partial charge in [-0.25, -0.2) is 0 Å². The van der Waals surface area contributed by atoms with Gasteiger partial charge in [0, 0.05) is 45.9 Å². The van der Waals surface area contributed by atoms with Crippen molar-refractivity contribution in [2.75, 3.05) is 7.11 Å². The number of hydrogen-bond acceptors (Lipinski definition) is 4. The number of methoxy groups -OCH3 is 1. The maximum Gasteiger partial charge on any atom is 0.244 e. The van der Waals surface area contributed by atoms with Gasteiger partial charge in [0.15, 0.2) is 0 Å². The average Bonchev–Trinajstić information content (AvgIpc) is 2.77. The van der Waals surface area contributed by atoms with Gasteiger partial charge < -0.3 is 19.5 Å². The molecule has 1 atom stereocenters. The van der Waals surface area contributed by atoms with Crippen LogP contribution in [0, 0.1) is 0 Å². The molecule has 0 aromatic heterocycles. The molecule has 5 heteroatoms.